The first kappa shape index (κ1) is 41.9. The maximum Gasteiger partial charge on any atom is 0.253 e. The van der Waals surface area contributed by atoms with Crippen LogP contribution in [0.4, 0.5) is 8.78 Å². The third-order valence-electron chi connectivity index (χ3n) is 11.1. The molecule has 278 valence electrons. The quantitative estimate of drug-likeness (QED) is 0.0471. The van der Waals surface area contributed by atoms with E-state index in [2.05, 4.69) is 62.1 Å². The minimum Gasteiger partial charge on any atom is -0.387 e. The second-order valence-corrected chi connectivity index (χ2v) is 14.7. The van der Waals surface area contributed by atoms with E-state index in [9.17, 15) is 4.79 Å². The number of nitrogens with two attached hydrogens (primary N) is 3. The second-order valence-electron chi connectivity index (χ2n) is 14.7. The summed E-state index contributed by atoms with van der Waals surface area (Å²) in [5.74, 6) is -0.0852. The Labute approximate surface area is 290 Å². The van der Waals surface area contributed by atoms with Crippen LogP contribution in [0.15, 0.2) is 21.4 Å². The summed E-state index contributed by atoms with van der Waals surface area (Å²) in [4.78, 5) is 26.0. The van der Waals surface area contributed by atoms with Crippen molar-refractivity contribution >= 4 is 18.0 Å². The number of nitrogens with one attached hydrogen (secondary N) is 2. The minimum absolute atomic E-state index is 0.132. The monoisotopic (exact) mass is 681 g/mol. The lowest BCUT2D eigenvalue weighted by Crippen LogP contribution is -2.66. The SMILES string of the molecule is CCCCCN1CC(F)C(NC(C)N=C(N)CCCC)C(NC(=O)C(=C(N)N)C2N=CC(F)CCC(CC)(CCCC)C2(C)CCC)C1. The van der Waals surface area contributed by atoms with Gasteiger partial charge in [-0.05, 0) is 63.8 Å². The highest BCUT2D eigenvalue weighted by molar-refractivity contribution is 5.96. The number of piperidine rings is 1. The Morgan fingerprint density at radius 2 is 1.69 bits per heavy atom. The molecule has 0 aromatic heterocycles. The van der Waals surface area contributed by atoms with Crippen LogP contribution in [-0.2, 0) is 4.79 Å². The van der Waals surface area contributed by atoms with Gasteiger partial charge in [0.15, 0.2) is 0 Å². The van der Waals surface area contributed by atoms with Crippen molar-refractivity contribution in [2.75, 3.05) is 19.6 Å². The van der Waals surface area contributed by atoms with Crippen molar-refractivity contribution in [2.45, 2.75) is 175 Å². The van der Waals surface area contributed by atoms with Gasteiger partial charge >= 0.3 is 0 Å². The van der Waals surface area contributed by atoms with Gasteiger partial charge in [-0.25, -0.2) is 8.78 Å². The lowest BCUT2D eigenvalue weighted by molar-refractivity contribution is -0.120. The normalized spacial score (nSPS) is 30.8. The van der Waals surface area contributed by atoms with Crippen LogP contribution in [0.5, 0.6) is 0 Å². The lowest BCUT2D eigenvalue weighted by atomic mass is 9.52. The molecule has 8 N–H and O–H groups in total. The smallest absolute Gasteiger partial charge is 0.253 e. The van der Waals surface area contributed by atoms with Crippen LogP contribution >= 0.6 is 0 Å². The number of hydrogen-bond donors (Lipinski definition) is 5. The first-order valence-corrected chi connectivity index (χ1v) is 19.0. The Balaban J connectivity index is 2.55. The fraction of sp³-hybridized carbons (Fsp3) is 0.865. The topological polar surface area (TPSA) is 147 Å². The van der Waals surface area contributed by atoms with E-state index in [1.807, 2.05) is 6.92 Å². The van der Waals surface area contributed by atoms with Gasteiger partial charge in [0.2, 0.25) is 0 Å². The Bertz CT molecular complexity index is 1070. The summed E-state index contributed by atoms with van der Waals surface area (Å²) in [6, 6.07) is -2.07. The molecule has 0 aromatic rings. The summed E-state index contributed by atoms with van der Waals surface area (Å²) in [6.45, 7) is 16.2. The van der Waals surface area contributed by atoms with Gasteiger partial charge in [0, 0.05) is 31.1 Å². The number of unbranched alkanes of at least 4 members (excludes halogenated alkanes) is 4. The fourth-order valence-electron chi connectivity index (χ4n) is 8.25. The van der Waals surface area contributed by atoms with Crippen molar-refractivity contribution in [1.82, 2.24) is 15.5 Å². The van der Waals surface area contributed by atoms with E-state index < -0.39 is 48.0 Å². The van der Waals surface area contributed by atoms with Crippen LogP contribution in [0.25, 0.3) is 0 Å². The van der Waals surface area contributed by atoms with E-state index in [1.54, 1.807) is 0 Å². The van der Waals surface area contributed by atoms with Gasteiger partial charge in [-0.3, -0.25) is 25.0 Å². The van der Waals surface area contributed by atoms with Gasteiger partial charge in [0.1, 0.15) is 18.2 Å². The van der Waals surface area contributed by atoms with Gasteiger partial charge in [0.05, 0.1) is 35.7 Å². The van der Waals surface area contributed by atoms with Crippen LogP contribution in [0.3, 0.4) is 0 Å². The summed E-state index contributed by atoms with van der Waals surface area (Å²) in [7, 11) is 0. The molecule has 1 saturated heterocycles. The predicted molar refractivity (Wildman–Crippen MR) is 197 cm³/mol. The number of alkyl halides is 2. The van der Waals surface area contributed by atoms with Gasteiger partial charge in [-0.2, -0.15) is 0 Å². The first-order valence-electron chi connectivity index (χ1n) is 19.0. The minimum atomic E-state index is -1.26. The van der Waals surface area contributed by atoms with Crippen molar-refractivity contribution in [3.05, 3.63) is 11.4 Å². The number of rotatable bonds is 19. The van der Waals surface area contributed by atoms with Crippen molar-refractivity contribution in [1.29, 1.82) is 0 Å². The summed E-state index contributed by atoms with van der Waals surface area (Å²) in [5, 5.41) is 6.49. The predicted octanol–water partition coefficient (Wildman–Crippen LogP) is 6.26. The number of aliphatic imine (C=N–C) groups is 2. The van der Waals surface area contributed by atoms with Crippen LogP contribution in [-0.4, -0.2) is 79.1 Å². The summed E-state index contributed by atoms with van der Waals surface area (Å²) in [5.41, 5.74) is 18.3. The van der Waals surface area contributed by atoms with E-state index in [4.69, 9.17) is 22.2 Å². The molecule has 0 aromatic carbocycles. The third kappa shape index (κ3) is 11.1. The molecule has 0 radical (unpaired) electrons. The van der Waals surface area contributed by atoms with E-state index in [0.29, 0.717) is 31.6 Å². The first-order chi connectivity index (χ1) is 22.8. The van der Waals surface area contributed by atoms with E-state index in [-0.39, 0.29) is 23.4 Å². The molecule has 8 unspecified atom stereocenters. The average molecular weight is 681 g/mol. The number of likely N-dealkylation sites (tertiary alicyclic amines) is 1. The van der Waals surface area contributed by atoms with Crippen LogP contribution < -0.4 is 27.8 Å². The molecule has 2 aliphatic rings. The maximum atomic E-state index is 16.1. The number of halogens is 2. The van der Waals surface area contributed by atoms with E-state index >= 15 is 8.78 Å². The molecular formula is C37H70F2N8O. The molecule has 1 fully saturated rings. The number of amidine groups is 1. The molecule has 8 atom stereocenters. The fourth-order valence-corrected chi connectivity index (χ4v) is 8.25. The third-order valence-corrected chi connectivity index (χ3v) is 11.1. The highest BCUT2D eigenvalue weighted by Crippen LogP contribution is 2.57. The highest BCUT2D eigenvalue weighted by atomic mass is 19.1. The van der Waals surface area contributed by atoms with Gasteiger partial charge in [-0.1, -0.05) is 80.1 Å². The molecular weight excluding hydrogens is 610 g/mol. The molecule has 11 heteroatoms. The molecule has 0 spiro atoms. The van der Waals surface area contributed by atoms with Crippen molar-refractivity contribution < 1.29 is 13.6 Å². The standard InChI is InChI=1S/C37H70F2N8O/c1-8-13-16-22-47-24-28(39)32(45-26(6)44-30(40)17-14-9-2)29(25-47)46-35(48)31(34(41)42)33-36(7,19-11-4)37(12-5,20-15-10-3)21-18-27(38)23-43-33/h23,26-29,32-33,45H,8-22,24-25,41-42H2,1-7H3,(H2,40,44)(H,46,48). The summed E-state index contributed by atoms with van der Waals surface area (Å²) in [6.07, 6.45) is 10.5. The number of carbonyl (C=O) groups excluding carboxylic acids is 1. The second kappa shape index (κ2) is 20.4. The van der Waals surface area contributed by atoms with Crippen molar-refractivity contribution in [2.24, 2.45) is 38.0 Å². The molecule has 9 nitrogen and oxygen atoms in total. The van der Waals surface area contributed by atoms with Crippen LogP contribution in [0.2, 0.25) is 0 Å². The zero-order chi connectivity index (χ0) is 35.9. The van der Waals surface area contributed by atoms with Crippen LogP contribution in [0.1, 0.15) is 138 Å². The Hall–Kier alpha value is -2.27. The van der Waals surface area contributed by atoms with E-state index in [0.717, 1.165) is 77.2 Å². The van der Waals surface area contributed by atoms with Crippen LogP contribution in [0, 0.1) is 10.8 Å². The number of nitrogens with zero attached hydrogens (tertiary/aromatic N) is 3. The Kier molecular flexibility index (Phi) is 17.8. The maximum absolute atomic E-state index is 16.1. The Morgan fingerprint density at radius 3 is 2.29 bits per heavy atom. The number of carbonyl (C=O) groups is 1. The van der Waals surface area contributed by atoms with E-state index in [1.165, 1.54) is 6.21 Å². The van der Waals surface area contributed by atoms with Gasteiger partial charge in [0.25, 0.3) is 5.91 Å². The molecule has 0 bridgehead atoms. The summed E-state index contributed by atoms with van der Waals surface area (Å²) < 4.78 is 31.3. The molecule has 2 aliphatic heterocycles. The number of hydrogen-bond acceptors (Lipinski definition) is 7. The molecule has 2 heterocycles. The van der Waals surface area contributed by atoms with Gasteiger partial charge in [-0.15, -0.1) is 0 Å². The molecule has 48 heavy (non-hydrogen) atoms. The lowest BCUT2D eigenvalue weighted by Gasteiger charge is -2.54. The van der Waals surface area contributed by atoms with Crippen molar-refractivity contribution in [3.63, 3.8) is 0 Å². The van der Waals surface area contributed by atoms with Crippen molar-refractivity contribution in [3.8, 4) is 0 Å². The zero-order valence-electron chi connectivity index (χ0n) is 31.3. The largest absolute Gasteiger partial charge is 0.387 e. The molecule has 1 amide bonds. The average Bonchev–Trinajstić information content (AvgIpc) is 3.03. The summed E-state index contributed by atoms with van der Waals surface area (Å²) >= 11 is 0. The van der Waals surface area contributed by atoms with Gasteiger partial charge < -0.3 is 22.5 Å². The molecule has 0 aliphatic carbocycles. The molecule has 0 saturated carbocycles. The highest BCUT2D eigenvalue weighted by Gasteiger charge is 2.53. The number of amides is 1. The zero-order valence-corrected chi connectivity index (χ0v) is 31.3. The Morgan fingerprint density at radius 1 is 1.00 bits per heavy atom. The molecule has 2 rings (SSSR count).